The Balaban J connectivity index is 1.73. The van der Waals surface area contributed by atoms with Crippen molar-refractivity contribution in [3.05, 3.63) is 82.2 Å². The van der Waals surface area contributed by atoms with Gasteiger partial charge in [-0.25, -0.2) is 4.79 Å². The molecule has 7 nitrogen and oxygen atoms in total. The van der Waals surface area contributed by atoms with Crippen molar-refractivity contribution < 1.29 is 14.3 Å². The van der Waals surface area contributed by atoms with Crippen LogP contribution >= 0.6 is 0 Å². The topological polar surface area (TPSA) is 88.2 Å². The highest BCUT2D eigenvalue weighted by Gasteiger charge is 2.23. The number of amides is 1. The largest absolute Gasteiger partial charge is 0.452 e. The number of aryl methyl sites for hydroxylation is 3. The van der Waals surface area contributed by atoms with Crippen LogP contribution in [0.4, 0.5) is 5.69 Å². The zero-order valence-corrected chi connectivity index (χ0v) is 19.5. The summed E-state index contributed by atoms with van der Waals surface area (Å²) in [5.74, 6) is -0.964. The van der Waals surface area contributed by atoms with Crippen molar-refractivity contribution in [3.8, 4) is 6.07 Å². The molecule has 0 saturated carbocycles. The number of carbonyl (C=O) groups is 2. The molecule has 0 spiro atoms. The van der Waals surface area contributed by atoms with E-state index in [0.29, 0.717) is 29.2 Å². The van der Waals surface area contributed by atoms with Gasteiger partial charge in [-0.2, -0.15) is 10.4 Å². The first-order chi connectivity index (χ1) is 15.8. The van der Waals surface area contributed by atoms with E-state index >= 15 is 0 Å². The molecule has 0 saturated heterocycles. The Labute approximate surface area is 194 Å². The monoisotopic (exact) mass is 444 g/mol. The summed E-state index contributed by atoms with van der Waals surface area (Å²) in [6.45, 7) is 7.80. The van der Waals surface area contributed by atoms with Gasteiger partial charge in [-0.1, -0.05) is 36.4 Å². The third-order valence-corrected chi connectivity index (χ3v) is 5.35. The number of anilines is 1. The Morgan fingerprint density at radius 2 is 1.73 bits per heavy atom. The summed E-state index contributed by atoms with van der Waals surface area (Å²) < 4.78 is 7.15. The van der Waals surface area contributed by atoms with Crippen LogP contribution in [0.5, 0.6) is 0 Å². The van der Waals surface area contributed by atoms with E-state index in [0.717, 1.165) is 16.7 Å². The smallest absolute Gasteiger partial charge is 0.342 e. The van der Waals surface area contributed by atoms with Gasteiger partial charge in [-0.05, 0) is 56.5 Å². The average Bonchev–Trinajstić information content (AvgIpc) is 3.05. The summed E-state index contributed by atoms with van der Waals surface area (Å²) in [5, 5.41) is 13.5. The number of hydrogen-bond donors (Lipinski definition) is 0. The first kappa shape index (κ1) is 23.7. The van der Waals surface area contributed by atoms with Gasteiger partial charge in [0.25, 0.3) is 5.91 Å². The molecule has 0 radical (unpaired) electrons. The van der Waals surface area contributed by atoms with Crippen molar-refractivity contribution in [2.45, 2.75) is 40.7 Å². The second kappa shape index (κ2) is 10.6. The Bertz CT molecular complexity index is 1170. The second-order valence-corrected chi connectivity index (χ2v) is 8.06. The summed E-state index contributed by atoms with van der Waals surface area (Å²) in [6, 6.07) is 17.7. The van der Waals surface area contributed by atoms with Crippen LogP contribution < -0.4 is 4.90 Å². The standard InChI is InChI=1S/C26H28N4O3/c1-18-13-19(2)15-23(14-18)29(12-8-11-27)24(31)17-33-26(32)25-20(3)28-30(21(25)4)16-22-9-6-5-7-10-22/h5-7,9-10,13-15H,8,12,16-17H2,1-4H3. The van der Waals surface area contributed by atoms with Crippen molar-refractivity contribution in [2.75, 3.05) is 18.1 Å². The summed E-state index contributed by atoms with van der Waals surface area (Å²) >= 11 is 0. The molecular formula is C26H28N4O3. The number of rotatable bonds is 8. The molecule has 3 rings (SSSR count). The quantitative estimate of drug-likeness (QED) is 0.484. The molecule has 0 aliphatic carbocycles. The summed E-state index contributed by atoms with van der Waals surface area (Å²) in [7, 11) is 0. The van der Waals surface area contributed by atoms with Crippen molar-refractivity contribution in [1.29, 1.82) is 5.26 Å². The van der Waals surface area contributed by atoms with Crippen LogP contribution in [0.1, 0.15) is 44.9 Å². The Morgan fingerprint density at radius 1 is 1.06 bits per heavy atom. The van der Waals surface area contributed by atoms with Gasteiger partial charge >= 0.3 is 5.97 Å². The number of nitriles is 1. The van der Waals surface area contributed by atoms with Crippen LogP contribution in [0.2, 0.25) is 0 Å². The van der Waals surface area contributed by atoms with Crippen LogP contribution in [0, 0.1) is 39.0 Å². The van der Waals surface area contributed by atoms with Crippen LogP contribution in [0.25, 0.3) is 0 Å². The van der Waals surface area contributed by atoms with E-state index in [-0.39, 0.29) is 18.9 Å². The van der Waals surface area contributed by atoms with Crippen molar-refractivity contribution in [2.24, 2.45) is 0 Å². The SMILES string of the molecule is Cc1cc(C)cc(N(CCC#N)C(=O)COC(=O)c2c(C)nn(Cc3ccccc3)c2C)c1. The lowest BCUT2D eigenvalue weighted by Gasteiger charge is -2.22. The van der Waals surface area contributed by atoms with Gasteiger partial charge in [-0.3, -0.25) is 9.48 Å². The van der Waals surface area contributed by atoms with Gasteiger partial charge in [0.2, 0.25) is 0 Å². The van der Waals surface area contributed by atoms with E-state index < -0.39 is 12.6 Å². The molecule has 1 heterocycles. The molecule has 1 amide bonds. The maximum Gasteiger partial charge on any atom is 0.342 e. The molecular weight excluding hydrogens is 416 g/mol. The minimum absolute atomic E-state index is 0.178. The van der Waals surface area contributed by atoms with E-state index in [1.807, 2.05) is 69.3 Å². The molecule has 3 aromatic rings. The van der Waals surface area contributed by atoms with Gasteiger partial charge in [0.05, 0.1) is 30.4 Å². The fraction of sp³-hybridized carbons (Fsp3) is 0.308. The number of benzene rings is 2. The van der Waals surface area contributed by atoms with Crippen molar-refractivity contribution in [1.82, 2.24) is 9.78 Å². The first-order valence-electron chi connectivity index (χ1n) is 10.8. The number of ether oxygens (including phenoxy) is 1. The van der Waals surface area contributed by atoms with Gasteiger partial charge in [0.1, 0.15) is 5.56 Å². The van der Waals surface area contributed by atoms with Crippen molar-refractivity contribution >= 4 is 17.6 Å². The maximum absolute atomic E-state index is 12.9. The van der Waals surface area contributed by atoms with E-state index in [4.69, 9.17) is 10.00 Å². The third kappa shape index (κ3) is 5.86. The summed E-state index contributed by atoms with van der Waals surface area (Å²) in [6.07, 6.45) is 0.178. The highest BCUT2D eigenvalue weighted by molar-refractivity contribution is 5.98. The minimum atomic E-state index is -0.585. The van der Waals surface area contributed by atoms with E-state index in [9.17, 15) is 9.59 Å². The summed E-state index contributed by atoms with van der Waals surface area (Å²) in [4.78, 5) is 27.3. The lowest BCUT2D eigenvalue weighted by molar-refractivity contribution is -0.121. The van der Waals surface area contributed by atoms with Gasteiger partial charge < -0.3 is 9.64 Å². The lowest BCUT2D eigenvalue weighted by atomic mass is 10.1. The average molecular weight is 445 g/mol. The molecule has 0 fully saturated rings. The first-order valence-corrected chi connectivity index (χ1v) is 10.8. The Morgan fingerprint density at radius 3 is 2.36 bits per heavy atom. The van der Waals surface area contributed by atoms with Crippen LogP contribution in [0.15, 0.2) is 48.5 Å². The molecule has 0 unspecified atom stereocenters. The van der Waals surface area contributed by atoms with Gasteiger partial charge in [-0.15, -0.1) is 0 Å². The van der Waals surface area contributed by atoms with E-state index in [1.54, 1.807) is 11.6 Å². The van der Waals surface area contributed by atoms with Crippen molar-refractivity contribution in [3.63, 3.8) is 0 Å². The molecule has 0 aliphatic rings. The molecule has 0 bridgehead atoms. The highest BCUT2D eigenvalue weighted by Crippen LogP contribution is 2.20. The zero-order valence-electron chi connectivity index (χ0n) is 19.5. The molecule has 0 aliphatic heterocycles. The van der Waals surface area contributed by atoms with Crippen LogP contribution in [-0.4, -0.2) is 34.8 Å². The molecule has 0 atom stereocenters. The fourth-order valence-corrected chi connectivity index (χ4v) is 3.85. The highest BCUT2D eigenvalue weighted by atomic mass is 16.5. The number of hydrogen-bond acceptors (Lipinski definition) is 5. The molecule has 2 aromatic carbocycles. The third-order valence-electron chi connectivity index (χ3n) is 5.35. The summed E-state index contributed by atoms with van der Waals surface area (Å²) in [5.41, 5.74) is 5.38. The molecule has 170 valence electrons. The zero-order chi connectivity index (χ0) is 24.0. The van der Waals surface area contributed by atoms with E-state index in [2.05, 4.69) is 11.2 Å². The maximum atomic E-state index is 12.9. The second-order valence-electron chi connectivity index (χ2n) is 8.06. The minimum Gasteiger partial charge on any atom is -0.452 e. The number of carbonyl (C=O) groups excluding carboxylic acids is 2. The van der Waals surface area contributed by atoms with Gasteiger partial charge in [0.15, 0.2) is 6.61 Å². The molecule has 7 heteroatoms. The predicted octanol–water partition coefficient (Wildman–Crippen LogP) is 4.27. The number of nitrogens with zero attached hydrogens (tertiary/aromatic N) is 4. The van der Waals surface area contributed by atoms with E-state index in [1.165, 1.54) is 4.90 Å². The molecule has 0 N–H and O–H groups in total. The Hall–Kier alpha value is -3.92. The normalized spacial score (nSPS) is 10.5. The Kier molecular flexibility index (Phi) is 7.62. The molecule has 33 heavy (non-hydrogen) atoms. The molecule has 1 aromatic heterocycles. The van der Waals surface area contributed by atoms with Crippen LogP contribution in [0.3, 0.4) is 0 Å². The number of esters is 1. The van der Waals surface area contributed by atoms with Gasteiger partial charge in [0, 0.05) is 12.2 Å². The number of aromatic nitrogens is 2. The fourth-order valence-electron chi connectivity index (χ4n) is 3.85. The predicted molar refractivity (Wildman–Crippen MR) is 126 cm³/mol. The van der Waals surface area contributed by atoms with Crippen LogP contribution in [-0.2, 0) is 16.1 Å². The lowest BCUT2D eigenvalue weighted by Crippen LogP contribution is -2.35.